The molecule has 1 atom stereocenters. The summed E-state index contributed by atoms with van der Waals surface area (Å²) in [6.45, 7) is 0. The summed E-state index contributed by atoms with van der Waals surface area (Å²) in [6, 6.07) is 10.7. The molecule has 1 unspecified atom stereocenters. The van der Waals surface area contributed by atoms with Gasteiger partial charge in [-0.25, -0.2) is 0 Å². The lowest BCUT2D eigenvalue weighted by Gasteiger charge is -2.28. The van der Waals surface area contributed by atoms with Gasteiger partial charge in [0.25, 0.3) is 5.56 Å². The largest absolute Gasteiger partial charge is 0.496 e. The third kappa shape index (κ3) is 2.67. The molecule has 5 rings (SSSR count). The van der Waals surface area contributed by atoms with Crippen LogP contribution in [0.15, 0.2) is 46.8 Å². The first-order valence-electron chi connectivity index (χ1n) is 9.83. The summed E-state index contributed by atoms with van der Waals surface area (Å²) in [5.41, 5.74) is 8.52. The summed E-state index contributed by atoms with van der Waals surface area (Å²) in [5.74, 6) is 0.652. The highest BCUT2D eigenvalue weighted by Gasteiger charge is 2.43. The van der Waals surface area contributed by atoms with Crippen LogP contribution in [-0.4, -0.2) is 37.1 Å². The van der Waals surface area contributed by atoms with Crippen molar-refractivity contribution >= 4 is 23.2 Å². The smallest absolute Gasteiger partial charge is 0.258 e. The highest BCUT2D eigenvalue weighted by Crippen LogP contribution is 2.51. The molecule has 0 spiro atoms. The molecule has 3 aromatic rings. The summed E-state index contributed by atoms with van der Waals surface area (Å²) < 4.78 is 16.5. The second-order valence-electron chi connectivity index (χ2n) is 7.38. The minimum Gasteiger partial charge on any atom is -0.496 e. The molecule has 9 heteroatoms. The molecule has 0 radical (unpaired) electrons. The average Bonchev–Trinajstić information content (AvgIpc) is 3.08. The Kier molecular flexibility index (Phi) is 4.40. The molecule has 1 aliphatic heterocycles. The van der Waals surface area contributed by atoms with Crippen molar-refractivity contribution in [3.8, 4) is 17.2 Å². The molecule has 0 fully saturated rings. The summed E-state index contributed by atoms with van der Waals surface area (Å²) in [7, 11) is 4.55. The van der Waals surface area contributed by atoms with Crippen LogP contribution in [-0.2, 0) is 0 Å². The van der Waals surface area contributed by atoms with E-state index in [-0.39, 0.29) is 23.1 Å². The Morgan fingerprint density at radius 1 is 0.938 bits per heavy atom. The van der Waals surface area contributed by atoms with Gasteiger partial charge in [-0.3, -0.25) is 14.6 Å². The number of allylic oxidation sites excluding steroid dienone is 1. The number of ketones is 1. The zero-order valence-corrected chi connectivity index (χ0v) is 17.6. The average molecular weight is 432 g/mol. The highest BCUT2D eigenvalue weighted by molar-refractivity contribution is 6.23. The summed E-state index contributed by atoms with van der Waals surface area (Å²) in [4.78, 5) is 33.4. The number of nitrogens with zero attached hydrogens (tertiary/aromatic N) is 1. The number of aromatic nitrogens is 2. The van der Waals surface area contributed by atoms with Crippen molar-refractivity contribution < 1.29 is 19.0 Å². The van der Waals surface area contributed by atoms with Crippen LogP contribution in [0.4, 0.5) is 11.8 Å². The van der Waals surface area contributed by atoms with E-state index in [1.165, 1.54) is 21.3 Å². The standard InChI is InChI=1S/C23H20N4O5/c1-30-13-9-15(32-3)14(31-2)8-12(13)16-17-19(10-6-4-5-7-11(10)20(17)28)25-21-18(16)22(29)27-23(24)26-21/h4-9,16H,1-3H3,(H4,24,25,26,27,29). The molecule has 162 valence electrons. The number of nitrogens with two attached hydrogens (primary N) is 1. The third-order valence-corrected chi connectivity index (χ3v) is 5.80. The van der Waals surface area contributed by atoms with Gasteiger partial charge < -0.3 is 25.3 Å². The molecular formula is C23H20N4O5. The fraction of sp³-hybridized carbons (Fsp3) is 0.174. The molecule has 1 aliphatic carbocycles. The second kappa shape index (κ2) is 7.16. The van der Waals surface area contributed by atoms with Gasteiger partial charge in [0.2, 0.25) is 5.95 Å². The lowest BCUT2D eigenvalue weighted by molar-refractivity contribution is 0.103. The maximum Gasteiger partial charge on any atom is 0.258 e. The Hall–Kier alpha value is -4.27. The minimum atomic E-state index is -0.771. The van der Waals surface area contributed by atoms with Gasteiger partial charge >= 0.3 is 0 Å². The van der Waals surface area contributed by atoms with Gasteiger partial charge in [-0.2, -0.15) is 4.98 Å². The number of H-pyrrole nitrogens is 1. The normalized spacial score (nSPS) is 16.1. The van der Waals surface area contributed by atoms with Crippen molar-refractivity contribution in [2.75, 3.05) is 32.4 Å². The fourth-order valence-electron chi connectivity index (χ4n) is 4.43. The number of nitrogens with one attached hydrogen (secondary N) is 2. The Morgan fingerprint density at radius 3 is 2.28 bits per heavy atom. The number of ether oxygens (including phenoxy) is 3. The van der Waals surface area contributed by atoms with Crippen LogP contribution in [0.25, 0.3) is 5.70 Å². The number of Topliss-reactive ketones (excluding diaryl/α,β-unsaturated/α-hetero) is 1. The van der Waals surface area contributed by atoms with Crippen LogP contribution in [0.5, 0.6) is 17.2 Å². The molecule has 1 aromatic heterocycles. The van der Waals surface area contributed by atoms with Crippen molar-refractivity contribution in [3.05, 3.63) is 74.6 Å². The van der Waals surface area contributed by atoms with E-state index in [0.717, 1.165) is 5.56 Å². The summed E-state index contributed by atoms with van der Waals surface area (Å²) >= 11 is 0. The van der Waals surface area contributed by atoms with Crippen LogP contribution in [0.3, 0.4) is 0 Å². The fourth-order valence-corrected chi connectivity index (χ4v) is 4.43. The summed E-state index contributed by atoms with van der Waals surface area (Å²) in [6.07, 6.45) is 0. The molecule has 2 aromatic carbocycles. The molecule has 0 amide bonds. The highest BCUT2D eigenvalue weighted by atomic mass is 16.5. The first kappa shape index (κ1) is 19.7. The Balaban J connectivity index is 1.85. The van der Waals surface area contributed by atoms with Gasteiger partial charge in [0.05, 0.1) is 38.5 Å². The maximum atomic E-state index is 13.5. The Morgan fingerprint density at radius 2 is 1.59 bits per heavy atom. The molecule has 0 bridgehead atoms. The number of rotatable bonds is 4. The summed E-state index contributed by atoms with van der Waals surface area (Å²) in [5, 5.41) is 3.17. The van der Waals surface area contributed by atoms with Crippen molar-refractivity contribution in [1.82, 2.24) is 9.97 Å². The molecule has 0 saturated heterocycles. The van der Waals surface area contributed by atoms with Gasteiger partial charge in [-0.15, -0.1) is 0 Å². The first-order chi connectivity index (χ1) is 15.5. The predicted molar refractivity (Wildman–Crippen MR) is 119 cm³/mol. The number of aromatic amines is 1. The van der Waals surface area contributed by atoms with Crippen molar-refractivity contribution in [1.29, 1.82) is 0 Å². The van der Waals surface area contributed by atoms with E-state index in [1.54, 1.807) is 24.3 Å². The minimum absolute atomic E-state index is 0.0269. The maximum absolute atomic E-state index is 13.5. The number of methoxy groups -OCH3 is 3. The van der Waals surface area contributed by atoms with Gasteiger partial charge in [-0.1, -0.05) is 24.3 Å². The lowest BCUT2D eigenvalue weighted by Crippen LogP contribution is -2.29. The Labute approximate surface area is 182 Å². The van der Waals surface area contributed by atoms with E-state index in [0.29, 0.717) is 39.6 Å². The van der Waals surface area contributed by atoms with Crippen molar-refractivity contribution in [3.63, 3.8) is 0 Å². The van der Waals surface area contributed by atoms with E-state index in [2.05, 4.69) is 15.3 Å². The van der Waals surface area contributed by atoms with Gasteiger partial charge in [-0.05, 0) is 6.07 Å². The number of fused-ring (bicyclic) bond motifs is 3. The van der Waals surface area contributed by atoms with Crippen molar-refractivity contribution in [2.24, 2.45) is 0 Å². The number of carbonyl (C=O) groups is 1. The monoisotopic (exact) mass is 432 g/mol. The molecular weight excluding hydrogens is 412 g/mol. The van der Waals surface area contributed by atoms with Crippen LogP contribution in [0.1, 0.15) is 33.0 Å². The predicted octanol–water partition coefficient (Wildman–Crippen LogP) is 2.54. The molecule has 32 heavy (non-hydrogen) atoms. The third-order valence-electron chi connectivity index (χ3n) is 5.80. The van der Waals surface area contributed by atoms with Gasteiger partial charge in [0.1, 0.15) is 11.6 Å². The SMILES string of the molecule is COc1cc(OC)c(C2C3=C(Nc4nc(N)[nH]c(=O)c42)c2ccccc2C3=O)cc1OC. The number of carbonyl (C=O) groups excluding carboxylic acids is 1. The van der Waals surface area contributed by atoms with Crippen molar-refractivity contribution in [2.45, 2.75) is 5.92 Å². The second-order valence-corrected chi connectivity index (χ2v) is 7.38. The zero-order valence-electron chi connectivity index (χ0n) is 17.6. The first-order valence-corrected chi connectivity index (χ1v) is 9.83. The van der Waals surface area contributed by atoms with Gasteiger partial charge in [0, 0.05) is 28.3 Å². The van der Waals surface area contributed by atoms with E-state index < -0.39 is 11.5 Å². The molecule has 4 N–H and O–H groups in total. The molecule has 9 nitrogen and oxygen atoms in total. The number of hydrogen-bond acceptors (Lipinski definition) is 8. The van der Waals surface area contributed by atoms with E-state index in [1.807, 2.05) is 12.1 Å². The van der Waals surface area contributed by atoms with Crippen LogP contribution < -0.4 is 30.8 Å². The van der Waals surface area contributed by atoms with E-state index in [9.17, 15) is 9.59 Å². The quantitative estimate of drug-likeness (QED) is 0.574. The van der Waals surface area contributed by atoms with Crippen LogP contribution in [0, 0.1) is 0 Å². The number of hydrogen-bond donors (Lipinski definition) is 3. The zero-order chi connectivity index (χ0) is 22.6. The van der Waals surface area contributed by atoms with E-state index >= 15 is 0 Å². The van der Waals surface area contributed by atoms with E-state index in [4.69, 9.17) is 19.9 Å². The topological polar surface area (TPSA) is 129 Å². The van der Waals surface area contributed by atoms with Gasteiger partial charge in [0.15, 0.2) is 17.3 Å². The molecule has 2 heterocycles. The van der Waals surface area contributed by atoms with Crippen LogP contribution >= 0.6 is 0 Å². The van der Waals surface area contributed by atoms with Crippen LogP contribution in [0.2, 0.25) is 0 Å². The molecule has 0 saturated carbocycles. The number of anilines is 2. The Bertz CT molecular complexity index is 1380. The molecule has 2 aliphatic rings. The number of nitrogen functional groups attached to an aromatic ring is 1. The number of benzene rings is 2. The lowest BCUT2D eigenvalue weighted by atomic mass is 9.81.